The number of aryl methyl sites for hydroxylation is 1. The molecule has 0 amide bonds. The number of imidazole rings is 1. The lowest BCUT2D eigenvalue weighted by molar-refractivity contribution is -0.600. The van der Waals surface area contributed by atoms with Crippen LogP contribution in [0.5, 0.6) is 5.88 Å². The highest BCUT2D eigenvalue weighted by Gasteiger charge is 2.26. The summed E-state index contributed by atoms with van der Waals surface area (Å²) in [6.07, 6.45) is 4.15. The molecule has 0 atom stereocenters. The van der Waals surface area contributed by atoms with E-state index in [0.29, 0.717) is 5.69 Å². The van der Waals surface area contributed by atoms with E-state index in [-0.39, 0.29) is 11.6 Å². The van der Waals surface area contributed by atoms with Gasteiger partial charge in [-0.3, -0.25) is 24.8 Å². The predicted molar refractivity (Wildman–Crippen MR) is 87.5 cm³/mol. The summed E-state index contributed by atoms with van der Waals surface area (Å²) >= 11 is 0. The largest absolute Gasteiger partial charge is 0.493 e. The standard InChI is InChI=1S/C15H11N5O6/c1-16-9-14(21)18(15(16)22)10-4-6-17(7-5-10)12-3-2-11(19(23)24)8-13(12)20(25)26/h2-9H,1H3/p+1. The zero-order valence-corrected chi connectivity index (χ0v) is 13.3. The quantitative estimate of drug-likeness (QED) is 0.419. The van der Waals surface area contributed by atoms with Crippen molar-refractivity contribution in [2.75, 3.05) is 0 Å². The van der Waals surface area contributed by atoms with E-state index in [1.807, 2.05) is 0 Å². The molecule has 0 bridgehead atoms. The summed E-state index contributed by atoms with van der Waals surface area (Å²) in [4.78, 5) is 32.6. The number of hydrogen-bond donors (Lipinski definition) is 1. The molecule has 2 aromatic heterocycles. The first-order valence-corrected chi connectivity index (χ1v) is 7.22. The molecule has 2 heterocycles. The fourth-order valence-electron chi connectivity index (χ4n) is 2.50. The van der Waals surface area contributed by atoms with E-state index < -0.39 is 26.9 Å². The lowest BCUT2D eigenvalue weighted by Crippen LogP contribution is -2.31. The minimum atomic E-state index is -0.713. The first kappa shape index (κ1) is 16.8. The molecule has 11 nitrogen and oxygen atoms in total. The van der Waals surface area contributed by atoms with Gasteiger partial charge in [0.1, 0.15) is 6.07 Å². The summed E-state index contributed by atoms with van der Waals surface area (Å²) in [5.74, 6) is -0.253. The zero-order chi connectivity index (χ0) is 19.0. The number of rotatable bonds is 4. The van der Waals surface area contributed by atoms with Gasteiger partial charge in [-0.15, -0.1) is 0 Å². The van der Waals surface area contributed by atoms with Crippen LogP contribution in [0.2, 0.25) is 0 Å². The molecule has 0 unspecified atom stereocenters. The first-order valence-electron chi connectivity index (χ1n) is 7.22. The second-order valence-electron chi connectivity index (χ2n) is 5.37. The second kappa shape index (κ2) is 6.12. The molecule has 11 heteroatoms. The monoisotopic (exact) mass is 358 g/mol. The molecule has 1 aromatic carbocycles. The molecule has 0 radical (unpaired) electrons. The third-order valence-electron chi connectivity index (χ3n) is 3.75. The van der Waals surface area contributed by atoms with Gasteiger partial charge in [-0.05, 0) is 0 Å². The van der Waals surface area contributed by atoms with Crippen LogP contribution in [-0.4, -0.2) is 24.1 Å². The molecule has 3 rings (SSSR count). The van der Waals surface area contributed by atoms with Crippen LogP contribution < -0.4 is 10.3 Å². The number of nitro benzene ring substituents is 2. The third-order valence-corrected chi connectivity index (χ3v) is 3.75. The minimum Gasteiger partial charge on any atom is -0.493 e. The zero-order valence-electron chi connectivity index (χ0n) is 13.3. The van der Waals surface area contributed by atoms with Crippen molar-refractivity contribution in [3.8, 4) is 17.3 Å². The normalized spacial score (nSPS) is 10.7. The Bertz CT molecular complexity index is 1080. The maximum absolute atomic E-state index is 12.0. The summed E-state index contributed by atoms with van der Waals surface area (Å²) in [7, 11) is 1.49. The number of pyridine rings is 1. The Morgan fingerprint density at radius 1 is 1.08 bits per heavy atom. The highest BCUT2D eigenvalue weighted by molar-refractivity contribution is 5.53. The summed E-state index contributed by atoms with van der Waals surface area (Å²) in [5, 5.41) is 31.9. The van der Waals surface area contributed by atoms with Crippen LogP contribution in [0.3, 0.4) is 0 Å². The lowest BCUT2D eigenvalue weighted by Gasteiger charge is -2.02. The summed E-state index contributed by atoms with van der Waals surface area (Å²) < 4.78 is 3.66. The average Bonchev–Trinajstić information content (AvgIpc) is 2.86. The van der Waals surface area contributed by atoms with Gasteiger partial charge in [0.2, 0.25) is 5.88 Å². The molecular weight excluding hydrogens is 346 g/mol. The molecule has 0 saturated heterocycles. The van der Waals surface area contributed by atoms with Crippen molar-refractivity contribution in [3.05, 3.63) is 79.6 Å². The Kier molecular flexibility index (Phi) is 3.96. The molecule has 0 spiro atoms. The highest BCUT2D eigenvalue weighted by atomic mass is 16.6. The Morgan fingerprint density at radius 2 is 1.73 bits per heavy atom. The molecular formula is C15H12N5O6+. The smallest absolute Gasteiger partial charge is 0.347 e. The van der Waals surface area contributed by atoms with Gasteiger partial charge in [0, 0.05) is 31.3 Å². The van der Waals surface area contributed by atoms with E-state index in [1.54, 1.807) is 0 Å². The van der Waals surface area contributed by atoms with Crippen LogP contribution in [0.25, 0.3) is 11.4 Å². The van der Waals surface area contributed by atoms with Crippen molar-refractivity contribution >= 4 is 11.4 Å². The van der Waals surface area contributed by atoms with Crippen LogP contribution in [0, 0.1) is 20.2 Å². The number of non-ortho nitro benzene ring substituents is 1. The van der Waals surface area contributed by atoms with E-state index in [1.165, 1.54) is 53.0 Å². The van der Waals surface area contributed by atoms with Crippen molar-refractivity contribution in [2.45, 2.75) is 0 Å². The molecule has 0 aliphatic rings. The van der Waals surface area contributed by atoms with Gasteiger partial charge in [-0.25, -0.2) is 9.36 Å². The molecule has 3 aromatic rings. The van der Waals surface area contributed by atoms with Gasteiger partial charge < -0.3 is 5.11 Å². The van der Waals surface area contributed by atoms with Crippen molar-refractivity contribution in [1.29, 1.82) is 0 Å². The van der Waals surface area contributed by atoms with E-state index >= 15 is 0 Å². The fraction of sp³-hybridized carbons (Fsp3) is 0.0667. The van der Waals surface area contributed by atoms with Crippen molar-refractivity contribution in [2.24, 2.45) is 7.05 Å². The van der Waals surface area contributed by atoms with Gasteiger partial charge >= 0.3 is 11.4 Å². The lowest BCUT2D eigenvalue weighted by atomic mass is 10.2. The number of aromatic nitrogens is 3. The van der Waals surface area contributed by atoms with Crippen molar-refractivity contribution in [1.82, 2.24) is 9.13 Å². The number of hydrogen-bond acceptors (Lipinski definition) is 6. The second-order valence-corrected chi connectivity index (χ2v) is 5.37. The first-order chi connectivity index (χ1) is 12.3. The summed E-state index contributed by atoms with van der Waals surface area (Å²) in [6.45, 7) is 0. The maximum atomic E-state index is 12.0. The van der Waals surface area contributed by atoms with Gasteiger partial charge in [-0.1, -0.05) is 0 Å². The molecule has 1 N–H and O–H groups in total. The Morgan fingerprint density at radius 3 is 2.23 bits per heavy atom. The third kappa shape index (κ3) is 2.77. The topological polar surface area (TPSA) is 137 Å². The molecule has 0 fully saturated rings. The van der Waals surface area contributed by atoms with Gasteiger partial charge in [0.25, 0.3) is 11.4 Å². The molecule has 0 aliphatic carbocycles. The van der Waals surface area contributed by atoms with Crippen LogP contribution in [-0.2, 0) is 7.05 Å². The minimum absolute atomic E-state index is 0.122. The van der Waals surface area contributed by atoms with Gasteiger partial charge in [-0.2, -0.15) is 4.57 Å². The fourth-order valence-corrected chi connectivity index (χ4v) is 2.50. The Labute approximate surface area is 144 Å². The number of nitrogens with zero attached hydrogens (tertiary/aromatic N) is 5. The van der Waals surface area contributed by atoms with E-state index in [0.717, 1.165) is 16.7 Å². The van der Waals surface area contributed by atoms with Crippen LogP contribution >= 0.6 is 0 Å². The van der Waals surface area contributed by atoms with Crippen LogP contribution in [0.15, 0.2) is 53.7 Å². The molecule has 26 heavy (non-hydrogen) atoms. The molecule has 132 valence electrons. The Hall–Kier alpha value is -4.02. The molecule has 0 aliphatic heterocycles. The molecule has 0 saturated carbocycles. The summed E-state index contributed by atoms with van der Waals surface area (Å²) in [6, 6.07) is 6.27. The Balaban J connectivity index is 2.08. The van der Waals surface area contributed by atoms with E-state index in [2.05, 4.69) is 0 Å². The summed E-state index contributed by atoms with van der Waals surface area (Å²) in [5.41, 5.74) is -0.803. The van der Waals surface area contributed by atoms with Crippen molar-refractivity contribution in [3.63, 3.8) is 0 Å². The number of aromatic hydroxyl groups is 1. The van der Waals surface area contributed by atoms with Gasteiger partial charge in [0.15, 0.2) is 12.4 Å². The van der Waals surface area contributed by atoms with E-state index in [9.17, 15) is 30.1 Å². The number of nitro groups is 2. The van der Waals surface area contributed by atoms with Crippen LogP contribution in [0.4, 0.5) is 11.4 Å². The SMILES string of the molecule is Cn1cc(O)n(-c2cc[n+](-c3ccc([N+](=O)[O-])cc3[N+](=O)[O-])cc2)c1=O. The maximum Gasteiger partial charge on any atom is 0.347 e. The van der Waals surface area contributed by atoms with E-state index in [4.69, 9.17) is 0 Å². The van der Waals surface area contributed by atoms with Crippen LogP contribution in [0.1, 0.15) is 0 Å². The highest BCUT2D eigenvalue weighted by Crippen LogP contribution is 2.24. The number of benzene rings is 1. The van der Waals surface area contributed by atoms with Gasteiger partial charge in [0.05, 0.1) is 21.7 Å². The predicted octanol–water partition coefficient (Wildman–Crippen LogP) is 0.975. The van der Waals surface area contributed by atoms with Crippen molar-refractivity contribution < 1.29 is 19.5 Å². The average molecular weight is 358 g/mol.